The van der Waals surface area contributed by atoms with E-state index in [-0.39, 0.29) is 9.79 Å². The number of hydrogen-bond donors (Lipinski definition) is 0. The average molecular weight is 1040 g/mol. The van der Waals surface area contributed by atoms with Gasteiger partial charge in [-0.2, -0.15) is 0 Å². The lowest BCUT2D eigenvalue weighted by Crippen LogP contribution is -2.42. The van der Waals surface area contributed by atoms with E-state index < -0.39 is 15.3 Å². The van der Waals surface area contributed by atoms with Gasteiger partial charge < -0.3 is 9.47 Å². The Morgan fingerprint density at radius 1 is 0.446 bits per heavy atom. The van der Waals surface area contributed by atoms with Crippen LogP contribution in [-0.4, -0.2) is 238 Å². The molecule has 17 heteroatoms. The first-order chi connectivity index (χ1) is 34.3. The Labute approximate surface area is 446 Å². The third-order valence-electron chi connectivity index (χ3n) is 13.0. The molecular formula is C57H92N12O4S+4. The minimum Gasteiger partial charge on any atom is -0.496 e. The van der Waals surface area contributed by atoms with Gasteiger partial charge in [0.1, 0.15) is 17.2 Å². The molecule has 0 aliphatic rings. The molecule has 0 bridgehead atoms. The zero-order valence-electron chi connectivity index (χ0n) is 49.7. The van der Waals surface area contributed by atoms with Crippen molar-refractivity contribution in [3.63, 3.8) is 0 Å². The summed E-state index contributed by atoms with van der Waals surface area (Å²) in [7, 11) is 39.5. The first-order valence-corrected chi connectivity index (χ1v) is 26.5. The molecule has 0 aliphatic carbocycles. The lowest BCUT2D eigenvalue weighted by molar-refractivity contribution is -0.525. The van der Waals surface area contributed by atoms with Crippen LogP contribution in [0.3, 0.4) is 0 Å². The molecule has 0 amide bonds. The van der Waals surface area contributed by atoms with Crippen molar-refractivity contribution in [1.82, 2.24) is 39.2 Å². The summed E-state index contributed by atoms with van der Waals surface area (Å²) in [5, 5.41) is 0. The SMILES string of the molecule is COc1c(C[N+](C)=C(N(C)C)N(C)C)cc(C(C)(C)c2cc(C[N+](C)=C(N(C)C)N(C)C)c(Oc3ccc(S(=O)(=O)c4ccc(C)cc4)cc3)c(C[N+](C)=C(N(C)C)N(C)C)c2)cc1C[N+](C)=C(N(C)C)N(C)C. The van der Waals surface area contributed by atoms with Crippen LogP contribution in [0.25, 0.3) is 0 Å². The van der Waals surface area contributed by atoms with Gasteiger partial charge in [0.2, 0.25) is 9.84 Å². The van der Waals surface area contributed by atoms with Crippen LogP contribution in [0, 0.1) is 6.92 Å². The highest BCUT2D eigenvalue weighted by molar-refractivity contribution is 7.91. The van der Waals surface area contributed by atoms with E-state index in [2.05, 4.69) is 237 Å². The largest absolute Gasteiger partial charge is 0.496 e. The van der Waals surface area contributed by atoms with Crippen LogP contribution in [0.1, 0.15) is 52.8 Å². The molecule has 4 rings (SSSR count). The minimum atomic E-state index is -3.76. The Hall–Kier alpha value is -6.49. The lowest BCUT2D eigenvalue weighted by Gasteiger charge is -2.31. The molecule has 0 unspecified atom stereocenters. The maximum atomic E-state index is 13.8. The molecule has 0 N–H and O–H groups in total. The van der Waals surface area contributed by atoms with Crippen molar-refractivity contribution >= 4 is 33.7 Å². The molecule has 74 heavy (non-hydrogen) atoms. The summed E-state index contributed by atoms with van der Waals surface area (Å²) < 4.78 is 50.2. The summed E-state index contributed by atoms with van der Waals surface area (Å²) in [5.74, 6) is 6.23. The lowest BCUT2D eigenvalue weighted by atomic mass is 9.75. The fourth-order valence-electron chi connectivity index (χ4n) is 10.6. The maximum Gasteiger partial charge on any atom is 0.349 e. The number of nitrogens with zero attached hydrogens (tertiary/aromatic N) is 12. The summed E-state index contributed by atoms with van der Waals surface area (Å²) in [6.07, 6.45) is 0. The van der Waals surface area contributed by atoms with Crippen LogP contribution in [0.15, 0.2) is 82.6 Å². The molecular weight excluding hydrogens is 949 g/mol. The Morgan fingerprint density at radius 2 is 0.703 bits per heavy atom. The second-order valence-electron chi connectivity index (χ2n) is 21.7. The van der Waals surface area contributed by atoms with Crippen LogP contribution < -0.4 is 9.47 Å². The second kappa shape index (κ2) is 24.7. The zero-order chi connectivity index (χ0) is 55.9. The number of aryl methyl sites for hydroxylation is 1. The van der Waals surface area contributed by atoms with Crippen LogP contribution in [0.5, 0.6) is 17.2 Å². The van der Waals surface area contributed by atoms with Crippen molar-refractivity contribution in [2.75, 3.05) is 148 Å². The molecule has 0 radical (unpaired) electrons. The Balaban J connectivity index is 2.17. The van der Waals surface area contributed by atoms with Gasteiger partial charge in [0.25, 0.3) is 0 Å². The fourth-order valence-corrected chi connectivity index (χ4v) is 11.8. The molecule has 4 aromatic rings. The number of sulfone groups is 1. The van der Waals surface area contributed by atoms with Crippen LogP contribution in [-0.2, 0) is 41.4 Å². The molecule has 0 saturated carbocycles. The third-order valence-corrected chi connectivity index (χ3v) is 14.8. The summed E-state index contributed by atoms with van der Waals surface area (Å²) in [4.78, 5) is 17.5. The van der Waals surface area contributed by atoms with Crippen LogP contribution >= 0.6 is 0 Å². The minimum absolute atomic E-state index is 0.198. The smallest absolute Gasteiger partial charge is 0.349 e. The van der Waals surface area contributed by atoms with Gasteiger partial charge in [-0.25, -0.2) is 8.42 Å². The molecule has 16 nitrogen and oxygen atoms in total. The van der Waals surface area contributed by atoms with E-state index in [1.807, 2.05) is 19.1 Å². The van der Waals surface area contributed by atoms with Crippen molar-refractivity contribution in [2.45, 2.75) is 62.2 Å². The number of benzene rings is 4. The van der Waals surface area contributed by atoms with E-state index in [0.29, 0.717) is 37.7 Å². The number of ether oxygens (including phenoxy) is 2. The monoisotopic (exact) mass is 1040 g/mol. The fraction of sp³-hybridized carbons (Fsp3) is 0.509. The molecule has 0 aromatic heterocycles. The predicted molar refractivity (Wildman–Crippen MR) is 304 cm³/mol. The molecule has 0 atom stereocenters. The molecule has 0 aliphatic heterocycles. The molecule has 0 heterocycles. The number of methoxy groups -OCH3 is 1. The van der Waals surface area contributed by atoms with Crippen molar-refractivity contribution < 1.29 is 36.2 Å². The topological polar surface area (TPSA) is 90.6 Å². The van der Waals surface area contributed by atoms with Crippen molar-refractivity contribution in [1.29, 1.82) is 0 Å². The predicted octanol–water partition coefficient (Wildman–Crippen LogP) is 5.44. The van der Waals surface area contributed by atoms with Crippen LogP contribution in [0.2, 0.25) is 0 Å². The summed E-state index contributed by atoms with van der Waals surface area (Å²) in [6, 6.07) is 23.0. The van der Waals surface area contributed by atoms with Crippen molar-refractivity contribution in [2.24, 2.45) is 0 Å². The van der Waals surface area contributed by atoms with Gasteiger partial charge in [-0.3, -0.25) is 57.5 Å². The van der Waals surface area contributed by atoms with Gasteiger partial charge >= 0.3 is 23.8 Å². The molecule has 0 spiro atoms. The second-order valence-corrected chi connectivity index (χ2v) is 23.7. The standard InChI is InChI=1S/C57H92N12O4S/c1-41-25-29-49(30-26-41)74(70,71)50-31-27-48(28-32-50)73-52-44(39-68(22)55(62(12)13)63(14)15)35-47(36-45(52)40-69(23)56(64(16)17)65(18)19)57(2,3)46-33-42(37-66(20)53(58(4)5)59(6)7)51(72-24)43(34-46)38-67(21)54(60(8)9)61(10)11/h25-36H,37-40H2,1-24H3/q+4. The highest BCUT2D eigenvalue weighted by Gasteiger charge is 2.32. The van der Waals surface area contributed by atoms with E-state index in [1.165, 1.54) is 0 Å². The Bertz CT molecular complexity index is 2680. The van der Waals surface area contributed by atoms with Crippen molar-refractivity contribution in [3.05, 3.63) is 112 Å². The number of hydrogen-bond acceptors (Lipinski definition) is 4. The Kier molecular flexibility index (Phi) is 20.0. The number of guanidine groups is 4. The first-order valence-electron chi connectivity index (χ1n) is 25.0. The normalized spacial score (nSPS) is 11.3. The van der Waals surface area contributed by atoms with Crippen LogP contribution in [0.4, 0.5) is 0 Å². The number of rotatable bonds is 15. The van der Waals surface area contributed by atoms with E-state index in [4.69, 9.17) is 9.47 Å². The van der Waals surface area contributed by atoms with Gasteiger partial charge in [-0.15, -0.1) is 0 Å². The molecule has 406 valence electrons. The van der Waals surface area contributed by atoms with E-state index >= 15 is 0 Å². The molecule has 4 aromatic carbocycles. The molecule has 0 fully saturated rings. The summed E-state index contributed by atoms with van der Waals surface area (Å²) >= 11 is 0. The van der Waals surface area contributed by atoms with Gasteiger partial charge in [0.05, 0.1) is 184 Å². The van der Waals surface area contributed by atoms with Crippen molar-refractivity contribution in [3.8, 4) is 17.2 Å². The third kappa shape index (κ3) is 14.0. The average Bonchev–Trinajstić information content (AvgIpc) is 3.26. The van der Waals surface area contributed by atoms with Gasteiger partial charge in [0.15, 0.2) is 0 Å². The summed E-state index contributed by atoms with van der Waals surface area (Å²) in [5.41, 5.74) is 6.75. The highest BCUT2D eigenvalue weighted by atomic mass is 32.2. The van der Waals surface area contributed by atoms with E-state index in [9.17, 15) is 8.42 Å². The highest BCUT2D eigenvalue weighted by Crippen LogP contribution is 2.41. The molecule has 0 saturated heterocycles. The van der Waals surface area contributed by atoms with E-state index in [1.54, 1.807) is 43.5 Å². The van der Waals surface area contributed by atoms with Gasteiger partial charge in [0, 0.05) is 27.7 Å². The summed E-state index contributed by atoms with van der Waals surface area (Å²) in [6.45, 7) is 8.74. The van der Waals surface area contributed by atoms with E-state index in [0.717, 1.165) is 68.5 Å². The quantitative estimate of drug-likeness (QED) is 0.0864. The Morgan fingerprint density at radius 3 is 0.959 bits per heavy atom. The van der Waals surface area contributed by atoms with Gasteiger partial charge in [-0.1, -0.05) is 31.5 Å². The maximum absolute atomic E-state index is 13.8. The zero-order valence-corrected chi connectivity index (χ0v) is 50.5. The first kappa shape index (κ1) is 60.1. The van der Waals surface area contributed by atoms with Gasteiger partial charge in [-0.05, 0) is 78.7 Å².